The van der Waals surface area contributed by atoms with Gasteiger partial charge >= 0.3 is 6.09 Å². The van der Waals surface area contributed by atoms with Crippen LogP contribution in [0.15, 0.2) is 0 Å². The Bertz CT molecular complexity index is 296. The second-order valence-electron chi connectivity index (χ2n) is 4.12. The Hall–Kier alpha value is -1.37. The van der Waals surface area contributed by atoms with E-state index in [1.165, 1.54) is 11.8 Å². The highest BCUT2D eigenvalue weighted by Gasteiger charge is 2.40. The first kappa shape index (κ1) is 13.7. The third-order valence-corrected chi connectivity index (χ3v) is 3.02. The van der Waals surface area contributed by atoms with Crippen LogP contribution in [0, 0.1) is 10.1 Å². The summed E-state index contributed by atoms with van der Waals surface area (Å²) in [6, 6.07) is -1.61. The molecule has 7 nitrogen and oxygen atoms in total. The van der Waals surface area contributed by atoms with E-state index in [2.05, 4.69) is 0 Å². The minimum atomic E-state index is -1.16. The zero-order chi connectivity index (χ0) is 13.0. The second kappa shape index (κ2) is 5.81. The van der Waals surface area contributed by atoms with Crippen molar-refractivity contribution in [3.8, 4) is 0 Å². The van der Waals surface area contributed by atoms with E-state index in [4.69, 9.17) is 4.74 Å². The summed E-state index contributed by atoms with van der Waals surface area (Å²) in [6.45, 7) is 3.76. The number of hydrogen-bond acceptors (Lipinski definition) is 5. The minimum absolute atomic E-state index is 0.253. The summed E-state index contributed by atoms with van der Waals surface area (Å²) < 4.78 is 4.85. The Kier molecular flexibility index (Phi) is 4.68. The van der Waals surface area contributed by atoms with Crippen molar-refractivity contribution in [2.24, 2.45) is 0 Å². The predicted molar refractivity (Wildman–Crippen MR) is 59.2 cm³/mol. The maximum Gasteiger partial charge on any atom is 0.410 e. The summed E-state index contributed by atoms with van der Waals surface area (Å²) in [5.41, 5.74) is 0. The van der Waals surface area contributed by atoms with Gasteiger partial charge in [-0.15, -0.1) is 0 Å². The van der Waals surface area contributed by atoms with Crippen LogP contribution in [0.4, 0.5) is 4.79 Å². The highest BCUT2D eigenvalue weighted by atomic mass is 16.6. The van der Waals surface area contributed by atoms with Crippen molar-refractivity contribution in [2.75, 3.05) is 13.2 Å². The molecule has 1 rings (SSSR count). The molecule has 2 unspecified atom stereocenters. The molecule has 17 heavy (non-hydrogen) atoms. The fraction of sp³-hybridized carbons (Fsp3) is 0.900. The molecule has 0 aliphatic carbocycles. The van der Waals surface area contributed by atoms with Crippen molar-refractivity contribution in [3.63, 3.8) is 0 Å². The second-order valence-corrected chi connectivity index (χ2v) is 4.12. The highest BCUT2D eigenvalue weighted by molar-refractivity contribution is 5.68. The van der Waals surface area contributed by atoms with Crippen molar-refractivity contribution >= 4 is 6.09 Å². The van der Waals surface area contributed by atoms with Gasteiger partial charge in [0.15, 0.2) is 0 Å². The minimum Gasteiger partial charge on any atom is -0.450 e. The van der Waals surface area contributed by atoms with Crippen LogP contribution in [0.25, 0.3) is 0 Å². The molecule has 1 N–H and O–H groups in total. The average Bonchev–Trinajstić information content (AvgIpc) is 2.76. The number of nitro groups is 1. The summed E-state index contributed by atoms with van der Waals surface area (Å²) >= 11 is 0. The first-order valence-corrected chi connectivity index (χ1v) is 5.74. The van der Waals surface area contributed by atoms with Gasteiger partial charge in [-0.2, -0.15) is 0 Å². The normalized spacial score (nSPS) is 23.2. The molecule has 1 aliphatic rings. The number of hydrogen-bond donors (Lipinski definition) is 1. The number of aliphatic hydroxyl groups excluding tert-OH is 1. The number of aliphatic hydroxyl groups is 1. The molecule has 0 saturated carbocycles. The molecule has 1 aliphatic heterocycles. The van der Waals surface area contributed by atoms with Crippen LogP contribution in [-0.2, 0) is 4.74 Å². The largest absolute Gasteiger partial charge is 0.450 e. The number of amides is 1. The summed E-state index contributed by atoms with van der Waals surface area (Å²) in [5.74, 6) is 0. The SMILES string of the molecule is CCOC(=O)N1CCC[C@H]1C(O)C(C)[N+](=O)[O-]. The van der Waals surface area contributed by atoms with E-state index in [1.807, 2.05) is 0 Å². The fourth-order valence-electron chi connectivity index (χ4n) is 2.03. The van der Waals surface area contributed by atoms with E-state index in [0.29, 0.717) is 13.0 Å². The molecular weight excluding hydrogens is 228 g/mol. The lowest BCUT2D eigenvalue weighted by Gasteiger charge is -2.28. The number of nitrogens with zero attached hydrogens (tertiary/aromatic N) is 2. The van der Waals surface area contributed by atoms with Crippen molar-refractivity contribution in [3.05, 3.63) is 10.1 Å². The fourth-order valence-corrected chi connectivity index (χ4v) is 2.03. The van der Waals surface area contributed by atoms with E-state index >= 15 is 0 Å². The van der Waals surface area contributed by atoms with Gasteiger partial charge in [-0.25, -0.2) is 4.79 Å². The molecule has 0 radical (unpaired) electrons. The van der Waals surface area contributed by atoms with E-state index in [-0.39, 0.29) is 6.61 Å². The van der Waals surface area contributed by atoms with E-state index in [9.17, 15) is 20.0 Å². The molecule has 0 spiro atoms. The Morgan fingerprint density at radius 2 is 2.35 bits per heavy atom. The Morgan fingerprint density at radius 1 is 1.71 bits per heavy atom. The van der Waals surface area contributed by atoms with Crippen LogP contribution in [0.2, 0.25) is 0 Å². The maximum absolute atomic E-state index is 11.6. The van der Waals surface area contributed by atoms with Crippen LogP contribution in [0.3, 0.4) is 0 Å². The summed E-state index contributed by atoms with van der Waals surface area (Å²) in [5, 5.41) is 20.5. The third kappa shape index (κ3) is 3.06. The zero-order valence-corrected chi connectivity index (χ0v) is 10.0. The van der Waals surface area contributed by atoms with Crippen LogP contribution in [-0.4, -0.2) is 52.4 Å². The Morgan fingerprint density at radius 3 is 2.88 bits per heavy atom. The predicted octanol–water partition coefficient (Wildman–Crippen LogP) is 0.633. The van der Waals surface area contributed by atoms with Crippen molar-refractivity contribution in [2.45, 2.75) is 44.9 Å². The van der Waals surface area contributed by atoms with E-state index < -0.39 is 29.2 Å². The van der Waals surface area contributed by atoms with Gasteiger partial charge in [0.1, 0.15) is 6.10 Å². The summed E-state index contributed by atoms with van der Waals surface area (Å²) in [6.07, 6.45) is -0.370. The molecular formula is C10H18N2O5. The zero-order valence-electron chi connectivity index (χ0n) is 10.0. The van der Waals surface area contributed by atoms with Crippen LogP contribution >= 0.6 is 0 Å². The van der Waals surface area contributed by atoms with Gasteiger partial charge in [-0.1, -0.05) is 0 Å². The standard InChI is InChI=1S/C10H18N2O5/c1-3-17-10(14)11-6-4-5-8(11)9(13)7(2)12(15)16/h7-9,13H,3-6H2,1-2H3/t7?,8-,9?/m0/s1. The van der Waals surface area contributed by atoms with Gasteiger partial charge in [0.2, 0.25) is 6.04 Å². The molecule has 0 aromatic carbocycles. The molecule has 98 valence electrons. The van der Waals surface area contributed by atoms with Gasteiger partial charge in [-0.05, 0) is 19.8 Å². The van der Waals surface area contributed by atoms with Crippen molar-refractivity contribution in [1.82, 2.24) is 4.90 Å². The topological polar surface area (TPSA) is 92.9 Å². The quantitative estimate of drug-likeness (QED) is 0.580. The van der Waals surface area contributed by atoms with Gasteiger partial charge < -0.3 is 14.7 Å². The lowest BCUT2D eigenvalue weighted by Crippen LogP contribution is -2.49. The lowest BCUT2D eigenvalue weighted by atomic mass is 10.0. The molecule has 0 aromatic rings. The van der Waals surface area contributed by atoms with Crippen molar-refractivity contribution in [1.29, 1.82) is 0 Å². The molecule has 1 saturated heterocycles. The third-order valence-electron chi connectivity index (χ3n) is 3.02. The van der Waals surface area contributed by atoms with E-state index in [0.717, 1.165) is 6.42 Å². The molecule has 1 fully saturated rings. The number of likely N-dealkylation sites (tertiary alicyclic amines) is 1. The average molecular weight is 246 g/mol. The van der Waals surface area contributed by atoms with Crippen LogP contribution in [0.5, 0.6) is 0 Å². The number of carbonyl (C=O) groups excluding carboxylic acids is 1. The smallest absolute Gasteiger partial charge is 0.410 e. The van der Waals surface area contributed by atoms with Gasteiger partial charge in [-0.3, -0.25) is 10.1 Å². The molecule has 7 heteroatoms. The molecule has 1 amide bonds. The summed E-state index contributed by atoms with van der Waals surface area (Å²) in [4.78, 5) is 23.0. The number of ether oxygens (including phenoxy) is 1. The van der Waals surface area contributed by atoms with Gasteiger partial charge in [0, 0.05) is 18.4 Å². The number of rotatable bonds is 4. The van der Waals surface area contributed by atoms with Crippen LogP contribution < -0.4 is 0 Å². The van der Waals surface area contributed by atoms with E-state index in [1.54, 1.807) is 6.92 Å². The molecule has 3 atom stereocenters. The molecule has 0 aromatic heterocycles. The molecule has 0 bridgehead atoms. The maximum atomic E-state index is 11.6. The first-order valence-electron chi connectivity index (χ1n) is 5.74. The molecule has 1 heterocycles. The van der Waals surface area contributed by atoms with Gasteiger partial charge in [0.05, 0.1) is 12.6 Å². The summed E-state index contributed by atoms with van der Waals surface area (Å²) in [7, 11) is 0. The first-order chi connectivity index (χ1) is 7.99. The van der Waals surface area contributed by atoms with Gasteiger partial charge in [0.25, 0.3) is 0 Å². The lowest BCUT2D eigenvalue weighted by molar-refractivity contribution is -0.531. The van der Waals surface area contributed by atoms with Crippen LogP contribution in [0.1, 0.15) is 26.7 Å². The highest BCUT2D eigenvalue weighted by Crippen LogP contribution is 2.23. The monoisotopic (exact) mass is 246 g/mol. The number of carbonyl (C=O) groups is 1. The Balaban J connectivity index is 2.68. The van der Waals surface area contributed by atoms with Crippen molar-refractivity contribution < 1.29 is 19.6 Å². The Labute approximate surface area is 99.5 Å².